The van der Waals surface area contributed by atoms with E-state index in [1.165, 1.54) is 0 Å². The summed E-state index contributed by atoms with van der Waals surface area (Å²) < 4.78 is 1.59. The monoisotopic (exact) mass is 348 g/mol. The molecular weight excluding hydrogens is 340 g/mol. The van der Waals surface area contributed by atoms with E-state index in [9.17, 15) is 4.79 Å². The van der Waals surface area contributed by atoms with Gasteiger partial charge in [0.15, 0.2) is 5.75 Å². The fraction of sp³-hybridized carbons (Fsp3) is 0.182. The van der Waals surface area contributed by atoms with Crippen molar-refractivity contribution in [3.63, 3.8) is 0 Å². The summed E-state index contributed by atoms with van der Waals surface area (Å²) in [5.41, 5.74) is 0.369. The molecule has 0 N–H and O–H groups in total. The molecule has 0 atom stereocenters. The highest BCUT2D eigenvalue weighted by atomic mass is 79.9. The van der Waals surface area contributed by atoms with Gasteiger partial charge in [-0.1, -0.05) is 29.4 Å². The lowest BCUT2D eigenvalue weighted by molar-refractivity contribution is -0.209. The smallest absolute Gasteiger partial charge is 0.285 e. The van der Waals surface area contributed by atoms with Crippen LogP contribution in [-0.4, -0.2) is 5.97 Å². The first-order chi connectivity index (χ1) is 7.54. The van der Waals surface area contributed by atoms with Gasteiger partial charge < -0.3 is 0 Å². The number of benzene rings is 1. The third-order valence-corrected chi connectivity index (χ3v) is 2.93. The van der Waals surface area contributed by atoms with Crippen LogP contribution >= 0.6 is 31.9 Å². The third-order valence-electron chi connectivity index (χ3n) is 1.82. The second-order valence-electron chi connectivity index (χ2n) is 2.99. The molecule has 0 aliphatic heterocycles. The van der Waals surface area contributed by atoms with Gasteiger partial charge in [-0.05, 0) is 40.5 Å². The van der Waals surface area contributed by atoms with Crippen LogP contribution in [0.2, 0.25) is 0 Å². The van der Waals surface area contributed by atoms with Crippen molar-refractivity contribution >= 4 is 37.8 Å². The summed E-state index contributed by atoms with van der Waals surface area (Å²) in [6.45, 7) is 5.37. The molecule has 0 radical (unpaired) electrons. The molecule has 1 aromatic carbocycles. The molecule has 1 aromatic rings. The lowest BCUT2D eigenvalue weighted by atomic mass is 10.2. The van der Waals surface area contributed by atoms with E-state index in [1.54, 1.807) is 18.2 Å². The fourth-order valence-electron chi connectivity index (χ4n) is 0.829. The maximum Gasteiger partial charge on any atom is 0.381 e. The molecule has 16 heavy (non-hydrogen) atoms. The zero-order chi connectivity index (χ0) is 12.1. The minimum atomic E-state index is -0.558. The Bertz CT molecular complexity index is 416. The lowest BCUT2D eigenvalue weighted by Crippen LogP contribution is -2.09. The van der Waals surface area contributed by atoms with E-state index < -0.39 is 5.97 Å². The van der Waals surface area contributed by atoms with Crippen LogP contribution < -0.4 is 4.89 Å². The van der Waals surface area contributed by atoms with Gasteiger partial charge in [0.1, 0.15) is 0 Å². The average Bonchev–Trinajstić information content (AvgIpc) is 2.26. The normalized spacial score (nSPS) is 9.69. The minimum Gasteiger partial charge on any atom is -0.285 e. The van der Waals surface area contributed by atoms with Crippen molar-refractivity contribution in [1.29, 1.82) is 0 Å². The molecule has 5 heteroatoms. The molecule has 0 spiro atoms. The van der Waals surface area contributed by atoms with Crippen LogP contribution in [0.3, 0.4) is 0 Å². The molecule has 0 aliphatic carbocycles. The molecule has 86 valence electrons. The van der Waals surface area contributed by atoms with Crippen LogP contribution in [0, 0.1) is 0 Å². The fourth-order valence-corrected chi connectivity index (χ4v) is 1.94. The molecular formula is C11H10Br2O3. The van der Waals surface area contributed by atoms with Gasteiger partial charge in [-0.15, -0.1) is 0 Å². The Labute approximate surface area is 111 Å². The molecule has 0 saturated heterocycles. The largest absolute Gasteiger partial charge is 0.381 e. The number of carbonyl (C=O) groups excluding carboxylic acids is 1. The van der Waals surface area contributed by atoms with Crippen molar-refractivity contribution in [2.75, 3.05) is 0 Å². The second-order valence-corrected chi connectivity index (χ2v) is 4.76. The highest BCUT2D eigenvalue weighted by Gasteiger charge is 2.10. The number of rotatable bonds is 4. The van der Waals surface area contributed by atoms with Crippen molar-refractivity contribution < 1.29 is 14.6 Å². The van der Waals surface area contributed by atoms with Gasteiger partial charge in [0.05, 0.1) is 4.47 Å². The summed E-state index contributed by atoms with van der Waals surface area (Å²) >= 11 is 6.59. The first-order valence-electron chi connectivity index (χ1n) is 4.56. The minimum absolute atomic E-state index is 0.369. The van der Waals surface area contributed by atoms with Gasteiger partial charge in [0.25, 0.3) is 0 Å². The van der Waals surface area contributed by atoms with Crippen LogP contribution in [0.4, 0.5) is 0 Å². The zero-order valence-electron chi connectivity index (χ0n) is 8.63. The number of hydrogen-bond acceptors (Lipinski definition) is 3. The maximum atomic E-state index is 11.3. The van der Waals surface area contributed by atoms with Crippen LogP contribution in [0.25, 0.3) is 0 Å². The maximum absolute atomic E-state index is 11.3. The van der Waals surface area contributed by atoms with Crippen LogP contribution in [0.5, 0.6) is 5.75 Å². The molecule has 0 aliphatic rings. The van der Waals surface area contributed by atoms with Crippen LogP contribution in [0.1, 0.15) is 13.3 Å². The highest BCUT2D eigenvalue weighted by Crippen LogP contribution is 2.28. The lowest BCUT2D eigenvalue weighted by Gasteiger charge is -2.06. The molecule has 0 saturated carbocycles. The van der Waals surface area contributed by atoms with Gasteiger partial charge in [-0.3, -0.25) is 4.89 Å². The Morgan fingerprint density at radius 3 is 2.69 bits per heavy atom. The Morgan fingerprint density at radius 1 is 1.44 bits per heavy atom. The summed E-state index contributed by atoms with van der Waals surface area (Å²) in [5, 5.41) is 0. The zero-order valence-corrected chi connectivity index (χ0v) is 11.8. The predicted octanol–water partition coefficient (Wildman–Crippen LogP) is 4.01. The SMILES string of the molecule is C=C(CC)C(=O)OOc1ccc(Br)cc1Br. The predicted molar refractivity (Wildman–Crippen MR) is 68.0 cm³/mol. The Kier molecular flexibility index (Phi) is 5.02. The number of carbonyl (C=O) groups is 1. The van der Waals surface area contributed by atoms with Crippen molar-refractivity contribution in [3.8, 4) is 5.75 Å². The first-order valence-corrected chi connectivity index (χ1v) is 6.15. The van der Waals surface area contributed by atoms with Gasteiger partial charge in [0.2, 0.25) is 0 Å². The second kappa shape index (κ2) is 6.06. The van der Waals surface area contributed by atoms with E-state index in [-0.39, 0.29) is 0 Å². The van der Waals surface area contributed by atoms with Crippen molar-refractivity contribution in [2.45, 2.75) is 13.3 Å². The summed E-state index contributed by atoms with van der Waals surface area (Å²) in [4.78, 5) is 20.8. The molecule has 0 amide bonds. The summed E-state index contributed by atoms with van der Waals surface area (Å²) in [6, 6.07) is 5.25. The number of halogens is 2. The van der Waals surface area contributed by atoms with E-state index >= 15 is 0 Å². The van der Waals surface area contributed by atoms with E-state index in [2.05, 4.69) is 43.3 Å². The van der Waals surface area contributed by atoms with Crippen LogP contribution in [-0.2, 0) is 9.68 Å². The number of hydrogen-bond donors (Lipinski definition) is 0. The summed E-state index contributed by atoms with van der Waals surface area (Å²) in [7, 11) is 0. The molecule has 1 rings (SSSR count). The topological polar surface area (TPSA) is 35.5 Å². The molecule has 0 bridgehead atoms. The average molecular weight is 350 g/mol. The van der Waals surface area contributed by atoms with E-state index in [0.717, 1.165) is 4.47 Å². The van der Waals surface area contributed by atoms with Crippen molar-refractivity contribution in [3.05, 3.63) is 39.3 Å². The van der Waals surface area contributed by atoms with E-state index in [1.807, 2.05) is 6.92 Å². The van der Waals surface area contributed by atoms with E-state index in [0.29, 0.717) is 22.2 Å². The van der Waals surface area contributed by atoms with Crippen molar-refractivity contribution in [1.82, 2.24) is 0 Å². The molecule has 0 unspecified atom stereocenters. The van der Waals surface area contributed by atoms with Gasteiger partial charge in [-0.2, -0.15) is 0 Å². The standard InChI is InChI=1S/C11H10Br2O3/c1-3-7(2)11(14)16-15-10-5-4-8(12)6-9(10)13/h4-6H,2-3H2,1H3. The quantitative estimate of drug-likeness (QED) is 0.468. The van der Waals surface area contributed by atoms with E-state index in [4.69, 9.17) is 4.89 Å². The highest BCUT2D eigenvalue weighted by molar-refractivity contribution is 9.11. The first kappa shape index (κ1) is 13.3. The third kappa shape index (κ3) is 3.64. The van der Waals surface area contributed by atoms with Crippen molar-refractivity contribution in [2.24, 2.45) is 0 Å². The Balaban J connectivity index is 2.61. The molecule has 0 heterocycles. The van der Waals surface area contributed by atoms with Crippen LogP contribution in [0.15, 0.2) is 39.3 Å². The summed E-state index contributed by atoms with van der Waals surface area (Å²) in [6.07, 6.45) is 0.531. The molecule has 3 nitrogen and oxygen atoms in total. The van der Waals surface area contributed by atoms with Gasteiger partial charge in [0, 0.05) is 10.0 Å². The molecule has 0 aromatic heterocycles. The summed E-state index contributed by atoms with van der Waals surface area (Å²) in [5.74, 6) is -0.127. The Morgan fingerprint density at radius 2 is 2.12 bits per heavy atom. The Hall–Kier alpha value is -0.810. The molecule has 0 fully saturated rings. The van der Waals surface area contributed by atoms with Gasteiger partial charge >= 0.3 is 5.97 Å². The van der Waals surface area contributed by atoms with Gasteiger partial charge in [-0.25, -0.2) is 9.68 Å².